The Balaban J connectivity index is 0.000000396. The monoisotopic (exact) mass is 178 g/mol. The fraction of sp³-hybridized carbons (Fsp3) is 0.333. The quantitative estimate of drug-likeness (QED) is 0.667. The number of aromatic nitrogens is 3. The van der Waals surface area contributed by atoms with E-state index in [1.807, 2.05) is 25.2 Å². The molecule has 0 aliphatic carbocycles. The van der Waals surface area contributed by atoms with Gasteiger partial charge in [-0.3, -0.25) is 4.40 Å². The number of hydrogen-bond acceptors (Lipinski definition) is 3. The number of hydrogen-bond donors (Lipinski definition) is 1. The predicted octanol–water partition coefficient (Wildman–Crippen LogP) is 1.65. The molecule has 0 atom stereocenters. The number of rotatable bonds is 0. The lowest BCUT2D eigenvalue weighted by molar-refractivity contribution is 1.08. The van der Waals surface area contributed by atoms with Crippen LogP contribution >= 0.6 is 0 Å². The van der Waals surface area contributed by atoms with Crippen molar-refractivity contribution in [3.63, 3.8) is 0 Å². The van der Waals surface area contributed by atoms with Crippen LogP contribution in [0.1, 0.15) is 19.5 Å². The van der Waals surface area contributed by atoms with Crippen molar-refractivity contribution in [1.29, 1.82) is 0 Å². The maximum Gasteiger partial charge on any atom is 0.155 e. The first kappa shape index (κ1) is 9.51. The van der Waals surface area contributed by atoms with Crippen molar-refractivity contribution in [2.45, 2.75) is 20.8 Å². The maximum absolute atomic E-state index is 5.49. The van der Waals surface area contributed by atoms with Gasteiger partial charge < -0.3 is 5.73 Å². The Morgan fingerprint density at radius 2 is 1.92 bits per heavy atom. The molecule has 0 unspecified atom stereocenters. The molecule has 2 aromatic heterocycles. The summed E-state index contributed by atoms with van der Waals surface area (Å²) in [5, 5.41) is 0. The summed E-state index contributed by atoms with van der Waals surface area (Å²) in [6, 6.07) is 0. The minimum Gasteiger partial charge on any atom is -0.382 e. The fourth-order valence-corrected chi connectivity index (χ4v) is 1.03. The van der Waals surface area contributed by atoms with Crippen LogP contribution in [0.25, 0.3) is 5.65 Å². The van der Waals surface area contributed by atoms with Gasteiger partial charge in [-0.2, -0.15) is 0 Å². The summed E-state index contributed by atoms with van der Waals surface area (Å²) in [5.74, 6) is 0.513. The Bertz CT molecular complexity index is 391. The Kier molecular flexibility index (Phi) is 2.84. The van der Waals surface area contributed by atoms with Crippen molar-refractivity contribution >= 4 is 11.5 Å². The number of aryl methyl sites for hydroxylation is 1. The highest BCUT2D eigenvalue weighted by Gasteiger charge is 1.97. The summed E-state index contributed by atoms with van der Waals surface area (Å²) in [6.45, 7) is 5.97. The average molecular weight is 178 g/mol. The number of nitrogen functional groups attached to an aromatic ring is 1. The highest BCUT2D eigenvalue weighted by Crippen LogP contribution is 2.05. The van der Waals surface area contributed by atoms with Crippen LogP contribution in [0.15, 0.2) is 18.6 Å². The lowest BCUT2D eigenvalue weighted by Crippen LogP contribution is -1.94. The Morgan fingerprint density at radius 1 is 1.23 bits per heavy atom. The maximum atomic E-state index is 5.49. The van der Waals surface area contributed by atoms with Crippen molar-refractivity contribution in [3.05, 3.63) is 24.3 Å². The Morgan fingerprint density at radius 3 is 2.62 bits per heavy atom. The molecular formula is C9H14N4. The summed E-state index contributed by atoms with van der Waals surface area (Å²) < 4.78 is 1.91. The van der Waals surface area contributed by atoms with E-state index in [0.29, 0.717) is 5.82 Å². The third-order valence-corrected chi connectivity index (χ3v) is 1.60. The number of imidazole rings is 1. The van der Waals surface area contributed by atoms with Crippen LogP contribution in [0.4, 0.5) is 5.82 Å². The van der Waals surface area contributed by atoms with Gasteiger partial charge in [0.1, 0.15) is 5.82 Å². The van der Waals surface area contributed by atoms with Gasteiger partial charge in [0.15, 0.2) is 5.65 Å². The van der Waals surface area contributed by atoms with Crippen LogP contribution in [-0.2, 0) is 0 Å². The highest BCUT2D eigenvalue weighted by atomic mass is 15.0. The van der Waals surface area contributed by atoms with Crippen LogP contribution in [0, 0.1) is 6.92 Å². The van der Waals surface area contributed by atoms with E-state index in [1.54, 1.807) is 18.6 Å². The van der Waals surface area contributed by atoms with Crippen molar-refractivity contribution < 1.29 is 0 Å². The van der Waals surface area contributed by atoms with E-state index in [9.17, 15) is 0 Å². The van der Waals surface area contributed by atoms with Gasteiger partial charge in [0.05, 0.1) is 12.4 Å². The first-order chi connectivity index (χ1) is 6.27. The molecule has 0 aliphatic heterocycles. The smallest absolute Gasteiger partial charge is 0.155 e. The average Bonchev–Trinajstić information content (AvgIpc) is 2.52. The van der Waals surface area contributed by atoms with E-state index in [0.717, 1.165) is 11.3 Å². The molecule has 2 rings (SSSR count). The number of nitrogens with zero attached hydrogens (tertiary/aromatic N) is 3. The first-order valence-electron chi connectivity index (χ1n) is 4.32. The van der Waals surface area contributed by atoms with E-state index >= 15 is 0 Å². The van der Waals surface area contributed by atoms with E-state index in [1.165, 1.54) is 0 Å². The Hall–Kier alpha value is -1.58. The van der Waals surface area contributed by atoms with Crippen molar-refractivity contribution in [2.75, 3.05) is 5.73 Å². The largest absolute Gasteiger partial charge is 0.382 e. The zero-order valence-corrected chi connectivity index (χ0v) is 8.15. The van der Waals surface area contributed by atoms with Crippen molar-refractivity contribution in [1.82, 2.24) is 14.4 Å². The summed E-state index contributed by atoms with van der Waals surface area (Å²) in [5.41, 5.74) is 7.39. The van der Waals surface area contributed by atoms with E-state index in [2.05, 4.69) is 9.97 Å². The Labute approximate surface area is 77.4 Å². The van der Waals surface area contributed by atoms with E-state index in [4.69, 9.17) is 5.73 Å². The third kappa shape index (κ3) is 1.77. The molecule has 2 heterocycles. The minimum atomic E-state index is 0.513. The zero-order chi connectivity index (χ0) is 9.84. The van der Waals surface area contributed by atoms with Gasteiger partial charge in [-0.1, -0.05) is 13.8 Å². The van der Waals surface area contributed by atoms with Gasteiger partial charge in [0.2, 0.25) is 0 Å². The van der Waals surface area contributed by atoms with Crippen molar-refractivity contribution in [2.24, 2.45) is 0 Å². The van der Waals surface area contributed by atoms with Crippen LogP contribution in [0.2, 0.25) is 0 Å². The summed E-state index contributed by atoms with van der Waals surface area (Å²) >= 11 is 0. The molecule has 0 bridgehead atoms. The van der Waals surface area contributed by atoms with E-state index < -0.39 is 0 Å². The molecule has 2 N–H and O–H groups in total. The van der Waals surface area contributed by atoms with Crippen LogP contribution in [-0.4, -0.2) is 14.4 Å². The van der Waals surface area contributed by atoms with Crippen LogP contribution < -0.4 is 5.73 Å². The fourth-order valence-electron chi connectivity index (χ4n) is 1.03. The molecule has 4 nitrogen and oxygen atoms in total. The van der Waals surface area contributed by atoms with Gasteiger partial charge in [0, 0.05) is 11.9 Å². The topological polar surface area (TPSA) is 56.2 Å². The molecular weight excluding hydrogens is 164 g/mol. The standard InChI is InChI=1S/C7H8N4.C2H6/c1-5-2-10-7-3-9-6(8)4-11(5)7;1-2/h2-4H,8H2,1H3;1-2H3. The molecule has 0 saturated heterocycles. The van der Waals surface area contributed by atoms with Gasteiger partial charge in [-0.05, 0) is 6.92 Å². The first-order valence-corrected chi connectivity index (χ1v) is 4.32. The zero-order valence-electron chi connectivity index (χ0n) is 8.15. The van der Waals surface area contributed by atoms with Crippen LogP contribution in [0.3, 0.4) is 0 Å². The second-order valence-electron chi connectivity index (χ2n) is 2.44. The molecule has 0 aliphatic rings. The normalized spacial score (nSPS) is 9.46. The minimum absolute atomic E-state index is 0.513. The second kappa shape index (κ2) is 3.89. The van der Waals surface area contributed by atoms with Crippen LogP contribution in [0.5, 0.6) is 0 Å². The van der Waals surface area contributed by atoms with Gasteiger partial charge in [0.25, 0.3) is 0 Å². The molecule has 0 saturated carbocycles. The molecule has 0 radical (unpaired) electrons. The highest BCUT2D eigenvalue weighted by molar-refractivity contribution is 5.41. The van der Waals surface area contributed by atoms with Crippen molar-refractivity contribution in [3.8, 4) is 0 Å². The molecule has 4 heteroatoms. The number of nitrogens with two attached hydrogens (primary N) is 1. The lowest BCUT2D eigenvalue weighted by atomic mass is 10.5. The lowest BCUT2D eigenvalue weighted by Gasteiger charge is -1.95. The summed E-state index contributed by atoms with van der Waals surface area (Å²) in [6.07, 6.45) is 5.20. The molecule has 70 valence electrons. The molecule has 0 aromatic carbocycles. The van der Waals surface area contributed by atoms with Gasteiger partial charge in [-0.15, -0.1) is 0 Å². The number of fused-ring (bicyclic) bond motifs is 1. The number of anilines is 1. The molecule has 0 spiro atoms. The molecule has 13 heavy (non-hydrogen) atoms. The predicted molar refractivity (Wildman–Crippen MR) is 53.5 cm³/mol. The van der Waals surface area contributed by atoms with E-state index in [-0.39, 0.29) is 0 Å². The van der Waals surface area contributed by atoms with Gasteiger partial charge >= 0.3 is 0 Å². The molecule has 2 aromatic rings. The second-order valence-corrected chi connectivity index (χ2v) is 2.44. The van der Waals surface area contributed by atoms with Gasteiger partial charge in [-0.25, -0.2) is 9.97 Å². The summed E-state index contributed by atoms with van der Waals surface area (Å²) in [4.78, 5) is 8.02. The molecule has 0 fully saturated rings. The molecule has 0 amide bonds. The summed E-state index contributed by atoms with van der Waals surface area (Å²) in [7, 11) is 0. The SMILES string of the molecule is CC.Cc1cnc2cnc(N)cn12. The third-order valence-electron chi connectivity index (χ3n) is 1.60.